The third-order valence-corrected chi connectivity index (χ3v) is 21.2. The number of aliphatic hydroxyl groups excluding tert-OH is 2. The maximum atomic E-state index is 12.9. The fraction of sp³-hybridized carbons (Fsp3) is 0.333. The molecule has 1 saturated carbocycles. The second-order valence-electron chi connectivity index (χ2n) is 28.1. The molecule has 15 rings (SSSR count). The number of phenols is 2. The van der Waals surface area contributed by atoms with Crippen molar-refractivity contribution in [3.8, 4) is 39.5 Å². The minimum Gasteiger partial charge on any atom is -0.506 e. The van der Waals surface area contributed by atoms with Crippen LogP contribution < -0.4 is 41.6 Å². The number of rotatable bonds is 28. The van der Waals surface area contributed by atoms with E-state index in [0.717, 1.165) is 169 Å². The van der Waals surface area contributed by atoms with Gasteiger partial charge in [-0.2, -0.15) is 0 Å². The summed E-state index contributed by atoms with van der Waals surface area (Å²) in [6.45, 7) is 5.91. The smallest absolute Gasteiger partial charge is 0.412 e. The van der Waals surface area contributed by atoms with E-state index in [-0.39, 0.29) is 41.2 Å². The number of hydrogen-bond acceptors (Lipinski definition) is 15. The summed E-state index contributed by atoms with van der Waals surface area (Å²) in [5.74, 6) is 1.13. The van der Waals surface area contributed by atoms with E-state index >= 15 is 0 Å². The monoisotopic (exact) mass is 1430 g/mol. The molecule has 3 atom stereocenters. The summed E-state index contributed by atoms with van der Waals surface area (Å²) in [6.07, 6.45) is 7.12. The largest absolute Gasteiger partial charge is 0.506 e. The molecule has 550 valence electrons. The quantitative estimate of drug-likeness (QED) is 0.0203. The first-order chi connectivity index (χ1) is 51.6. The van der Waals surface area contributed by atoms with Crippen LogP contribution in [0, 0.1) is 5.92 Å². The van der Waals surface area contributed by atoms with E-state index in [1.54, 1.807) is 34.1 Å². The molecule has 8 aromatic carbocycles. The van der Waals surface area contributed by atoms with E-state index in [0.29, 0.717) is 77.7 Å². The van der Waals surface area contributed by atoms with Crippen molar-refractivity contribution in [3.63, 3.8) is 0 Å². The summed E-state index contributed by atoms with van der Waals surface area (Å²) >= 11 is 0. The number of anilines is 2. The summed E-state index contributed by atoms with van der Waals surface area (Å²) in [6, 6.07) is 59.3. The SMILES string of the molecule is CN[C@H]1CC[C@H](N(C(=O)O)c2cc(CCCn3nnc4cc(CNC[C@H](O)c5ccc(O)c6[nH]c(=O)ccc56)ccc43)ccc2-c2ccccc2)CC1.O=C(O)N(c1cc(CCCCOc2ccc(CCNC[C@H](O)c3ccc(O)c4[nH]c(=O)ccc34)cc2)ccc1-c1ccccc1)[C@H]1CN2CCC1CC2. The fourth-order valence-electron chi connectivity index (χ4n) is 15.6. The maximum absolute atomic E-state index is 12.9. The van der Waals surface area contributed by atoms with Gasteiger partial charge in [-0.1, -0.05) is 120 Å². The molecule has 3 aliphatic heterocycles. The van der Waals surface area contributed by atoms with Crippen molar-refractivity contribution in [1.29, 1.82) is 0 Å². The van der Waals surface area contributed by atoms with Gasteiger partial charge in [0, 0.05) is 78.8 Å². The molecular formula is C84H93N11O11. The summed E-state index contributed by atoms with van der Waals surface area (Å²) in [5.41, 5.74) is 12.7. The molecule has 0 spiro atoms. The van der Waals surface area contributed by atoms with Gasteiger partial charge in [-0.3, -0.25) is 19.4 Å². The van der Waals surface area contributed by atoms with Crippen LogP contribution in [0.5, 0.6) is 17.2 Å². The van der Waals surface area contributed by atoms with Crippen LogP contribution in [0.15, 0.2) is 198 Å². The lowest BCUT2D eigenvalue weighted by molar-refractivity contribution is 0.0837. The predicted octanol–water partition coefficient (Wildman–Crippen LogP) is 12.9. The predicted molar refractivity (Wildman–Crippen MR) is 414 cm³/mol. The Morgan fingerprint density at radius 3 is 1.71 bits per heavy atom. The summed E-state index contributed by atoms with van der Waals surface area (Å²) in [5, 5.41) is 83.0. The lowest BCUT2D eigenvalue weighted by Gasteiger charge is -2.48. The number of carbonyl (C=O) groups is 2. The molecule has 22 heteroatoms. The van der Waals surface area contributed by atoms with Crippen LogP contribution in [-0.2, 0) is 32.4 Å². The lowest BCUT2D eigenvalue weighted by Crippen LogP contribution is -2.59. The van der Waals surface area contributed by atoms with E-state index < -0.39 is 24.4 Å². The Balaban J connectivity index is 0.000000188. The van der Waals surface area contributed by atoms with Crippen LogP contribution in [0.1, 0.15) is 103 Å². The molecular weight excluding hydrogens is 1340 g/mol. The molecule has 4 fully saturated rings. The zero-order valence-corrected chi connectivity index (χ0v) is 59.6. The van der Waals surface area contributed by atoms with Gasteiger partial charge in [0.25, 0.3) is 0 Å². The van der Waals surface area contributed by atoms with Gasteiger partial charge in [-0.15, -0.1) is 5.10 Å². The highest BCUT2D eigenvalue weighted by Crippen LogP contribution is 2.41. The average molecular weight is 1430 g/mol. The molecule has 11 N–H and O–H groups in total. The van der Waals surface area contributed by atoms with Crippen LogP contribution in [0.3, 0.4) is 0 Å². The molecule has 3 aromatic heterocycles. The summed E-state index contributed by atoms with van der Waals surface area (Å²) < 4.78 is 7.96. The number of benzene rings is 8. The number of aromatic hydroxyl groups is 2. The first-order valence-electron chi connectivity index (χ1n) is 36.9. The normalized spacial score (nSPS) is 17.6. The average Bonchev–Trinajstić information content (AvgIpc) is 0.910. The number of nitrogens with one attached hydrogen (secondary N) is 5. The van der Waals surface area contributed by atoms with Crippen molar-refractivity contribution >= 4 is 56.4 Å². The van der Waals surface area contributed by atoms with Crippen LogP contribution in [-0.4, -0.2) is 144 Å². The van der Waals surface area contributed by atoms with Gasteiger partial charge in [0.1, 0.15) is 22.8 Å². The van der Waals surface area contributed by atoms with Gasteiger partial charge in [0.2, 0.25) is 11.1 Å². The van der Waals surface area contributed by atoms with Crippen LogP contribution >= 0.6 is 0 Å². The molecule has 3 saturated heterocycles. The number of fused-ring (bicyclic) bond motifs is 6. The highest BCUT2D eigenvalue weighted by atomic mass is 16.5. The number of aromatic nitrogens is 5. The van der Waals surface area contributed by atoms with Crippen LogP contribution in [0.2, 0.25) is 0 Å². The number of amides is 2. The molecule has 4 aliphatic rings. The van der Waals surface area contributed by atoms with E-state index in [2.05, 4.69) is 102 Å². The van der Waals surface area contributed by atoms with Crippen molar-refractivity contribution in [3.05, 3.63) is 242 Å². The Morgan fingerprint density at radius 2 is 1.14 bits per heavy atom. The molecule has 22 nitrogen and oxygen atoms in total. The minimum absolute atomic E-state index is 0.0295. The number of ether oxygens (including phenoxy) is 1. The summed E-state index contributed by atoms with van der Waals surface area (Å²) in [4.78, 5) is 60.1. The van der Waals surface area contributed by atoms with Gasteiger partial charge < -0.3 is 66.2 Å². The molecule has 11 aromatic rings. The van der Waals surface area contributed by atoms with Gasteiger partial charge in [0.15, 0.2) is 0 Å². The maximum Gasteiger partial charge on any atom is 0.412 e. The summed E-state index contributed by atoms with van der Waals surface area (Å²) in [7, 11) is 1.97. The Kier molecular flexibility index (Phi) is 23.9. The highest BCUT2D eigenvalue weighted by molar-refractivity contribution is 5.95. The third-order valence-electron chi connectivity index (χ3n) is 21.2. The van der Waals surface area contributed by atoms with Crippen molar-refractivity contribution in [2.75, 3.05) is 62.7 Å². The topological polar surface area (TPSA) is 307 Å². The number of aryl methyl sites for hydroxylation is 3. The number of pyridine rings is 2. The lowest BCUT2D eigenvalue weighted by atomic mass is 9.82. The molecule has 1 aliphatic carbocycles. The highest BCUT2D eigenvalue weighted by Gasteiger charge is 2.41. The Morgan fingerprint density at radius 1 is 0.585 bits per heavy atom. The number of carboxylic acid groups (broad SMARTS) is 2. The molecule has 0 unspecified atom stereocenters. The standard InChI is InChI=1S/C43H48N4O6.C41H45N7O5/c48-39-17-15-35(36-16-18-41(50)45-42(36)39)40(49)27-44-22-19-29-9-12-33(13-10-29)53-25-5-4-6-30-11-14-34(31-7-2-1-3-8-31)37(26-30)47(43(51)52)38-28-46-23-20-32(38)21-24-46;1-42-29-11-13-30(14-12-29)48(41(52)53)36-23-26(9-15-31(36)28-7-3-2-4-8-28)6-5-21-47-35-18-10-27(22-34(35)45-46-47)24-43-25-38(50)32-16-19-37(49)40-33(32)17-20-39(51)44-40/h1-3,7-18,26,32,38,40,44,48-49H,4-6,19-25,27-28H2,(H,45,50)(H,51,52);2-4,7-10,15-20,22-23,29-30,38,42-43,49-50H,5-6,11-14,21,24-25H2,1H3,(H,44,51)(H,52,53)/t38-,40-;29-,30-,38-/m00/s1. The molecule has 6 heterocycles. The van der Waals surface area contributed by atoms with E-state index in [4.69, 9.17) is 4.74 Å². The number of aliphatic hydroxyl groups is 2. The minimum atomic E-state index is -0.920. The molecule has 2 amide bonds. The Hall–Kier alpha value is -10.7. The van der Waals surface area contributed by atoms with Crippen LogP contribution in [0.4, 0.5) is 21.0 Å². The Bertz CT molecular complexity index is 4940. The fourth-order valence-corrected chi connectivity index (χ4v) is 15.6. The number of aromatic amines is 2. The molecule has 2 bridgehead atoms. The number of phenolic OH excluding ortho intramolecular Hbond substituents is 2. The second kappa shape index (κ2) is 34.5. The van der Waals surface area contributed by atoms with E-state index in [1.807, 2.05) is 90.6 Å². The third kappa shape index (κ3) is 17.6. The van der Waals surface area contributed by atoms with Crippen LogP contribution in [0.25, 0.3) is 55.1 Å². The van der Waals surface area contributed by atoms with Crippen molar-refractivity contribution in [2.45, 2.75) is 120 Å². The van der Waals surface area contributed by atoms with Gasteiger partial charge in [0.05, 0.1) is 52.8 Å². The van der Waals surface area contributed by atoms with E-state index in [1.165, 1.54) is 24.3 Å². The molecule has 106 heavy (non-hydrogen) atoms. The zero-order chi connectivity index (χ0) is 73.6. The molecule has 0 radical (unpaired) electrons. The van der Waals surface area contributed by atoms with Crippen molar-refractivity contribution in [1.82, 2.24) is 45.8 Å². The first-order valence-corrected chi connectivity index (χ1v) is 36.9. The Labute approximate surface area is 615 Å². The number of nitrogens with zero attached hydrogens (tertiary/aromatic N) is 6. The van der Waals surface area contributed by atoms with Crippen molar-refractivity contribution < 1.29 is 45.0 Å². The first kappa shape index (κ1) is 73.6. The van der Waals surface area contributed by atoms with Gasteiger partial charge in [-0.05, 0) is 215 Å². The number of unbranched alkanes of at least 4 members (excludes halogenated alkanes) is 1. The van der Waals surface area contributed by atoms with Gasteiger partial charge >= 0.3 is 12.2 Å². The number of piperidine rings is 3. The number of H-pyrrole nitrogens is 2. The van der Waals surface area contributed by atoms with E-state index in [9.17, 15) is 49.8 Å². The number of hydrogen-bond donors (Lipinski definition) is 11. The van der Waals surface area contributed by atoms with Gasteiger partial charge in [-0.25, -0.2) is 14.3 Å². The zero-order valence-electron chi connectivity index (χ0n) is 59.6. The van der Waals surface area contributed by atoms with Crippen molar-refractivity contribution in [2.24, 2.45) is 5.92 Å². The second-order valence-corrected chi connectivity index (χ2v) is 28.1.